The second kappa shape index (κ2) is 10.1. The zero-order valence-electron chi connectivity index (χ0n) is 18.3. The zero-order chi connectivity index (χ0) is 23.4. The number of nitrogens with one attached hydrogen (secondary N) is 1. The maximum atomic E-state index is 12.7. The summed E-state index contributed by atoms with van der Waals surface area (Å²) in [5, 5.41) is 3.27. The third kappa shape index (κ3) is 7.02. The van der Waals surface area contributed by atoms with Crippen LogP contribution in [0.2, 0.25) is 10.0 Å². The predicted molar refractivity (Wildman–Crippen MR) is 127 cm³/mol. The molecule has 0 fully saturated rings. The second-order valence-electron chi connectivity index (χ2n) is 8.25. The predicted octanol–water partition coefficient (Wildman–Crippen LogP) is 4.64. The average Bonchev–Trinajstić information content (AvgIpc) is 2.62. The van der Waals surface area contributed by atoms with Crippen LogP contribution in [0.3, 0.4) is 0 Å². The minimum atomic E-state index is -3.77. The third-order valence-electron chi connectivity index (χ3n) is 4.54. The molecule has 1 unspecified atom stereocenters. The normalized spacial score (nSPS) is 12.9. The molecule has 0 saturated heterocycles. The maximum Gasteiger partial charge on any atom is 0.243 e. The molecule has 6 nitrogen and oxygen atoms in total. The SMILES string of the molecule is CC(C(=O)NCCOc1ccccc1C(C)(C)C)N(c1cc(Cl)cc(Cl)c1)S(C)(=O)=O. The maximum absolute atomic E-state index is 12.7. The van der Waals surface area contributed by atoms with Gasteiger partial charge < -0.3 is 10.1 Å². The Bertz CT molecular complexity index is 1020. The van der Waals surface area contributed by atoms with Crippen LogP contribution >= 0.6 is 23.2 Å². The summed E-state index contributed by atoms with van der Waals surface area (Å²) in [6.45, 7) is 8.26. The molecular weight excluding hydrogens is 459 g/mol. The number of amides is 1. The van der Waals surface area contributed by atoms with E-state index in [1.807, 2.05) is 24.3 Å². The number of para-hydroxylation sites is 1. The lowest BCUT2D eigenvalue weighted by Gasteiger charge is -2.28. The number of halogens is 2. The summed E-state index contributed by atoms with van der Waals surface area (Å²) < 4.78 is 31.6. The first kappa shape index (κ1) is 25.3. The van der Waals surface area contributed by atoms with E-state index in [2.05, 4.69) is 26.1 Å². The highest BCUT2D eigenvalue weighted by atomic mass is 35.5. The van der Waals surface area contributed by atoms with Crippen molar-refractivity contribution in [3.63, 3.8) is 0 Å². The number of carbonyl (C=O) groups excluding carboxylic acids is 1. The molecule has 0 bridgehead atoms. The molecule has 2 aromatic rings. The number of rotatable bonds is 8. The number of carbonyl (C=O) groups is 1. The lowest BCUT2D eigenvalue weighted by atomic mass is 9.86. The highest BCUT2D eigenvalue weighted by molar-refractivity contribution is 7.92. The molecule has 2 rings (SSSR count). The standard InChI is InChI=1S/C22H28Cl2N2O4S/c1-15(26(31(5,28)29)18-13-16(23)12-17(24)14-18)21(27)25-10-11-30-20-9-7-6-8-19(20)22(2,3)4/h6-9,12-15H,10-11H2,1-5H3,(H,25,27). The van der Waals surface area contributed by atoms with E-state index in [-0.39, 0.29) is 34.3 Å². The van der Waals surface area contributed by atoms with Crippen LogP contribution in [0, 0.1) is 0 Å². The van der Waals surface area contributed by atoms with Gasteiger partial charge in [-0.15, -0.1) is 0 Å². The molecule has 0 aliphatic rings. The molecule has 0 aliphatic carbocycles. The molecule has 0 heterocycles. The van der Waals surface area contributed by atoms with Crippen molar-refractivity contribution in [2.24, 2.45) is 0 Å². The Labute approximate surface area is 194 Å². The first-order chi connectivity index (χ1) is 14.3. The molecule has 0 aliphatic heterocycles. The van der Waals surface area contributed by atoms with Crippen LogP contribution in [-0.4, -0.2) is 39.8 Å². The van der Waals surface area contributed by atoms with Gasteiger partial charge in [-0.2, -0.15) is 0 Å². The zero-order valence-corrected chi connectivity index (χ0v) is 20.6. The van der Waals surface area contributed by atoms with Crippen molar-refractivity contribution < 1.29 is 17.9 Å². The number of hydrogen-bond donors (Lipinski definition) is 1. The number of ether oxygens (including phenoxy) is 1. The van der Waals surface area contributed by atoms with Crippen LogP contribution in [0.25, 0.3) is 0 Å². The highest BCUT2D eigenvalue weighted by Gasteiger charge is 2.29. The van der Waals surface area contributed by atoms with Gasteiger partial charge in [-0.3, -0.25) is 9.10 Å². The van der Waals surface area contributed by atoms with E-state index >= 15 is 0 Å². The van der Waals surface area contributed by atoms with Gasteiger partial charge in [0.1, 0.15) is 18.4 Å². The fraction of sp³-hybridized carbons (Fsp3) is 0.409. The van der Waals surface area contributed by atoms with Crippen molar-refractivity contribution in [3.8, 4) is 5.75 Å². The second-order valence-corrected chi connectivity index (χ2v) is 11.0. The molecule has 0 radical (unpaired) electrons. The monoisotopic (exact) mass is 486 g/mol. The van der Waals surface area contributed by atoms with Crippen LogP contribution < -0.4 is 14.4 Å². The number of anilines is 1. The van der Waals surface area contributed by atoms with E-state index < -0.39 is 22.0 Å². The largest absolute Gasteiger partial charge is 0.491 e. The molecule has 0 saturated carbocycles. The summed E-state index contributed by atoms with van der Waals surface area (Å²) in [5.74, 6) is 0.290. The fourth-order valence-electron chi connectivity index (χ4n) is 3.17. The molecule has 1 amide bonds. The van der Waals surface area contributed by atoms with Crippen LogP contribution in [-0.2, 0) is 20.2 Å². The summed E-state index contributed by atoms with van der Waals surface area (Å²) in [5.41, 5.74) is 1.21. The van der Waals surface area contributed by atoms with E-state index in [1.54, 1.807) is 0 Å². The Kier molecular flexibility index (Phi) is 8.25. The van der Waals surface area contributed by atoms with Gasteiger partial charge in [-0.1, -0.05) is 62.2 Å². The first-order valence-electron chi connectivity index (χ1n) is 9.76. The lowest BCUT2D eigenvalue weighted by Crippen LogP contribution is -2.48. The van der Waals surface area contributed by atoms with E-state index in [9.17, 15) is 13.2 Å². The lowest BCUT2D eigenvalue weighted by molar-refractivity contribution is -0.121. The Balaban J connectivity index is 2.06. The van der Waals surface area contributed by atoms with Crippen LogP contribution in [0.5, 0.6) is 5.75 Å². The van der Waals surface area contributed by atoms with E-state index in [0.29, 0.717) is 0 Å². The number of nitrogens with zero attached hydrogens (tertiary/aromatic N) is 1. The number of benzene rings is 2. The summed E-state index contributed by atoms with van der Waals surface area (Å²) in [4.78, 5) is 12.7. The van der Waals surface area contributed by atoms with Gasteiger partial charge in [0.15, 0.2) is 0 Å². The highest BCUT2D eigenvalue weighted by Crippen LogP contribution is 2.31. The Morgan fingerprint density at radius 1 is 1.13 bits per heavy atom. The van der Waals surface area contributed by atoms with Crippen molar-refractivity contribution >= 4 is 44.8 Å². The summed E-state index contributed by atoms with van der Waals surface area (Å²) >= 11 is 12.0. The molecule has 0 spiro atoms. The van der Waals surface area contributed by atoms with Crippen LogP contribution in [0.1, 0.15) is 33.3 Å². The van der Waals surface area contributed by atoms with E-state index in [1.165, 1.54) is 25.1 Å². The minimum Gasteiger partial charge on any atom is -0.491 e. The fourth-order valence-corrected chi connectivity index (χ4v) is 4.84. The van der Waals surface area contributed by atoms with E-state index in [0.717, 1.165) is 21.9 Å². The Hall–Kier alpha value is -1.96. The van der Waals surface area contributed by atoms with Gasteiger partial charge >= 0.3 is 0 Å². The molecule has 170 valence electrons. The number of hydrogen-bond acceptors (Lipinski definition) is 4. The molecule has 1 atom stereocenters. The minimum absolute atomic E-state index is 0.0808. The van der Waals surface area contributed by atoms with Gasteiger partial charge in [0.25, 0.3) is 0 Å². The number of sulfonamides is 1. The van der Waals surface area contributed by atoms with Crippen molar-refractivity contribution in [2.45, 2.75) is 39.2 Å². The van der Waals surface area contributed by atoms with Crippen LogP contribution in [0.15, 0.2) is 42.5 Å². The summed E-state index contributed by atoms with van der Waals surface area (Å²) in [6, 6.07) is 11.1. The molecule has 2 aromatic carbocycles. The first-order valence-corrected chi connectivity index (χ1v) is 12.4. The smallest absolute Gasteiger partial charge is 0.243 e. The quantitative estimate of drug-likeness (QED) is 0.551. The van der Waals surface area contributed by atoms with Gasteiger partial charge in [-0.05, 0) is 42.2 Å². The Morgan fingerprint density at radius 3 is 2.26 bits per heavy atom. The van der Waals surface area contributed by atoms with E-state index in [4.69, 9.17) is 27.9 Å². The van der Waals surface area contributed by atoms with Crippen molar-refractivity contribution in [3.05, 3.63) is 58.1 Å². The van der Waals surface area contributed by atoms with Crippen molar-refractivity contribution in [1.29, 1.82) is 0 Å². The molecular formula is C22H28Cl2N2O4S. The Morgan fingerprint density at radius 2 is 1.71 bits per heavy atom. The van der Waals surface area contributed by atoms with Gasteiger partial charge in [0.05, 0.1) is 18.5 Å². The topological polar surface area (TPSA) is 75.7 Å². The average molecular weight is 487 g/mol. The molecule has 9 heteroatoms. The van der Waals surface area contributed by atoms with Crippen molar-refractivity contribution in [2.75, 3.05) is 23.7 Å². The van der Waals surface area contributed by atoms with Crippen molar-refractivity contribution in [1.82, 2.24) is 5.32 Å². The van der Waals surface area contributed by atoms with Gasteiger partial charge in [-0.25, -0.2) is 8.42 Å². The molecule has 1 N–H and O–H groups in total. The summed E-state index contributed by atoms with van der Waals surface area (Å²) in [6.07, 6.45) is 1.03. The summed E-state index contributed by atoms with van der Waals surface area (Å²) in [7, 11) is -3.77. The van der Waals surface area contributed by atoms with Gasteiger partial charge in [0, 0.05) is 10.0 Å². The molecule has 0 aromatic heterocycles. The molecule has 31 heavy (non-hydrogen) atoms. The third-order valence-corrected chi connectivity index (χ3v) is 6.22. The van der Waals surface area contributed by atoms with Gasteiger partial charge in [0.2, 0.25) is 15.9 Å². The van der Waals surface area contributed by atoms with Crippen LogP contribution in [0.4, 0.5) is 5.69 Å².